The van der Waals surface area contributed by atoms with Gasteiger partial charge in [-0.3, -0.25) is 4.79 Å². The Morgan fingerprint density at radius 1 is 1.47 bits per heavy atom. The van der Waals surface area contributed by atoms with Gasteiger partial charge in [0.1, 0.15) is 0 Å². The third kappa shape index (κ3) is 4.61. The normalized spacial score (nSPS) is 12.2. The summed E-state index contributed by atoms with van der Waals surface area (Å²) in [5.74, 6) is -0.0351. The molecular weight excluding hydrogens is 303 g/mol. The molecule has 0 saturated carbocycles. The molecule has 0 radical (unpaired) electrons. The van der Waals surface area contributed by atoms with Gasteiger partial charge in [0.05, 0.1) is 0 Å². The standard InChI is InChI=1S/C11H15IN2O/c1-8(13)6-7-14-11(15)9-2-4-10(12)5-3-9/h2-5,8H,6-7,13H2,1H3,(H,14,15). The Hall–Kier alpha value is -0.620. The Labute approximate surface area is 104 Å². The number of hydrogen-bond donors (Lipinski definition) is 2. The smallest absolute Gasteiger partial charge is 0.251 e. The Morgan fingerprint density at radius 3 is 2.60 bits per heavy atom. The lowest BCUT2D eigenvalue weighted by atomic mass is 10.2. The molecule has 0 aliphatic carbocycles. The molecule has 0 saturated heterocycles. The van der Waals surface area contributed by atoms with Crippen LogP contribution in [0.4, 0.5) is 0 Å². The molecule has 0 bridgehead atoms. The second-order valence-corrected chi connectivity index (χ2v) is 4.77. The van der Waals surface area contributed by atoms with E-state index in [0.717, 1.165) is 9.99 Å². The van der Waals surface area contributed by atoms with Gasteiger partial charge in [-0.15, -0.1) is 0 Å². The summed E-state index contributed by atoms with van der Waals surface area (Å²) in [5.41, 5.74) is 6.28. The van der Waals surface area contributed by atoms with Crippen molar-refractivity contribution in [3.8, 4) is 0 Å². The van der Waals surface area contributed by atoms with Gasteiger partial charge in [0, 0.05) is 21.7 Å². The van der Waals surface area contributed by atoms with Gasteiger partial charge in [0.15, 0.2) is 0 Å². The fourth-order valence-corrected chi connectivity index (χ4v) is 1.48. The summed E-state index contributed by atoms with van der Waals surface area (Å²) in [5, 5.41) is 2.83. The highest BCUT2D eigenvalue weighted by atomic mass is 127. The maximum absolute atomic E-state index is 11.6. The number of nitrogens with one attached hydrogen (secondary N) is 1. The van der Waals surface area contributed by atoms with E-state index < -0.39 is 0 Å². The van der Waals surface area contributed by atoms with Crippen LogP contribution in [0.5, 0.6) is 0 Å². The van der Waals surface area contributed by atoms with E-state index in [9.17, 15) is 4.79 Å². The van der Waals surface area contributed by atoms with Gasteiger partial charge in [-0.2, -0.15) is 0 Å². The van der Waals surface area contributed by atoms with E-state index in [0.29, 0.717) is 12.1 Å². The van der Waals surface area contributed by atoms with Crippen LogP contribution < -0.4 is 11.1 Å². The molecule has 82 valence electrons. The minimum absolute atomic E-state index is 0.0351. The molecule has 1 unspecified atom stereocenters. The van der Waals surface area contributed by atoms with Gasteiger partial charge < -0.3 is 11.1 Å². The summed E-state index contributed by atoms with van der Waals surface area (Å²) in [6.45, 7) is 2.56. The number of halogens is 1. The number of nitrogens with two attached hydrogens (primary N) is 1. The Morgan fingerprint density at radius 2 is 2.07 bits per heavy atom. The average Bonchev–Trinajstić information content (AvgIpc) is 2.18. The van der Waals surface area contributed by atoms with Gasteiger partial charge in [0.25, 0.3) is 5.91 Å². The fourth-order valence-electron chi connectivity index (χ4n) is 1.12. The second kappa shape index (κ2) is 6.07. The zero-order chi connectivity index (χ0) is 11.3. The van der Waals surface area contributed by atoms with Crippen molar-refractivity contribution in [1.29, 1.82) is 0 Å². The molecule has 0 aliphatic rings. The second-order valence-electron chi connectivity index (χ2n) is 3.53. The molecule has 1 amide bonds. The van der Waals surface area contributed by atoms with Crippen molar-refractivity contribution >= 4 is 28.5 Å². The lowest BCUT2D eigenvalue weighted by Gasteiger charge is -2.07. The van der Waals surface area contributed by atoms with Crippen LogP contribution in [-0.2, 0) is 0 Å². The number of benzene rings is 1. The van der Waals surface area contributed by atoms with Crippen molar-refractivity contribution in [2.24, 2.45) is 5.73 Å². The molecule has 0 fully saturated rings. The molecule has 0 aliphatic heterocycles. The monoisotopic (exact) mass is 318 g/mol. The van der Waals surface area contributed by atoms with Crippen LogP contribution in [0.15, 0.2) is 24.3 Å². The third-order valence-electron chi connectivity index (χ3n) is 1.99. The quantitative estimate of drug-likeness (QED) is 0.831. The first-order chi connectivity index (χ1) is 7.09. The number of carbonyl (C=O) groups is 1. The fraction of sp³-hybridized carbons (Fsp3) is 0.364. The first-order valence-corrected chi connectivity index (χ1v) is 5.97. The first-order valence-electron chi connectivity index (χ1n) is 4.89. The van der Waals surface area contributed by atoms with Crippen molar-refractivity contribution in [2.75, 3.05) is 6.54 Å². The van der Waals surface area contributed by atoms with Crippen LogP contribution >= 0.6 is 22.6 Å². The predicted octanol–water partition coefficient (Wildman–Crippen LogP) is 1.76. The minimum Gasteiger partial charge on any atom is -0.352 e. The Kier molecular flexibility index (Phi) is 5.04. The number of hydrogen-bond acceptors (Lipinski definition) is 2. The van der Waals surface area contributed by atoms with Crippen LogP contribution in [-0.4, -0.2) is 18.5 Å². The molecule has 15 heavy (non-hydrogen) atoms. The molecule has 3 nitrogen and oxygen atoms in total. The van der Waals surface area contributed by atoms with Crippen molar-refractivity contribution in [3.63, 3.8) is 0 Å². The van der Waals surface area contributed by atoms with Crippen LogP contribution in [0.3, 0.4) is 0 Å². The minimum atomic E-state index is -0.0351. The van der Waals surface area contributed by atoms with Gasteiger partial charge in [0.2, 0.25) is 0 Å². The summed E-state index contributed by atoms with van der Waals surface area (Å²) >= 11 is 2.21. The van der Waals surface area contributed by atoms with E-state index in [2.05, 4.69) is 27.9 Å². The topological polar surface area (TPSA) is 55.1 Å². The third-order valence-corrected chi connectivity index (χ3v) is 2.71. The van der Waals surface area contributed by atoms with Crippen molar-refractivity contribution in [1.82, 2.24) is 5.32 Å². The Bertz CT molecular complexity index is 322. The predicted molar refractivity (Wildman–Crippen MR) is 69.8 cm³/mol. The maximum Gasteiger partial charge on any atom is 0.251 e. The zero-order valence-electron chi connectivity index (χ0n) is 8.66. The van der Waals surface area contributed by atoms with Crippen LogP contribution in [0.1, 0.15) is 23.7 Å². The molecule has 0 spiro atoms. The SMILES string of the molecule is CC(N)CCNC(=O)c1ccc(I)cc1. The summed E-state index contributed by atoms with van der Waals surface area (Å²) in [4.78, 5) is 11.6. The van der Waals surface area contributed by atoms with E-state index >= 15 is 0 Å². The van der Waals surface area contributed by atoms with Gasteiger partial charge >= 0.3 is 0 Å². The van der Waals surface area contributed by atoms with Crippen LogP contribution in [0, 0.1) is 3.57 Å². The van der Waals surface area contributed by atoms with Crippen LogP contribution in [0.2, 0.25) is 0 Å². The van der Waals surface area contributed by atoms with Gasteiger partial charge in [-0.1, -0.05) is 0 Å². The molecule has 0 aromatic heterocycles. The summed E-state index contributed by atoms with van der Waals surface area (Å²) < 4.78 is 1.12. The molecule has 1 atom stereocenters. The average molecular weight is 318 g/mol. The highest BCUT2D eigenvalue weighted by Crippen LogP contribution is 2.06. The highest BCUT2D eigenvalue weighted by molar-refractivity contribution is 14.1. The molecule has 4 heteroatoms. The van der Waals surface area contributed by atoms with Crippen molar-refractivity contribution < 1.29 is 4.79 Å². The number of amides is 1. The van der Waals surface area contributed by atoms with E-state index in [1.807, 2.05) is 31.2 Å². The van der Waals surface area contributed by atoms with Gasteiger partial charge in [-0.25, -0.2) is 0 Å². The van der Waals surface area contributed by atoms with Gasteiger partial charge in [-0.05, 0) is 60.2 Å². The molecule has 1 rings (SSSR count). The summed E-state index contributed by atoms with van der Waals surface area (Å²) in [7, 11) is 0. The molecular formula is C11H15IN2O. The van der Waals surface area contributed by atoms with E-state index in [-0.39, 0.29) is 11.9 Å². The molecule has 1 aromatic rings. The molecule has 1 aromatic carbocycles. The van der Waals surface area contributed by atoms with Crippen molar-refractivity contribution in [3.05, 3.63) is 33.4 Å². The zero-order valence-corrected chi connectivity index (χ0v) is 10.8. The highest BCUT2D eigenvalue weighted by Gasteiger charge is 2.04. The number of rotatable bonds is 4. The van der Waals surface area contributed by atoms with Crippen LogP contribution in [0.25, 0.3) is 0 Å². The lowest BCUT2D eigenvalue weighted by Crippen LogP contribution is -2.28. The van der Waals surface area contributed by atoms with Crippen molar-refractivity contribution in [2.45, 2.75) is 19.4 Å². The number of carbonyl (C=O) groups excluding carboxylic acids is 1. The van der Waals surface area contributed by atoms with E-state index in [4.69, 9.17) is 5.73 Å². The lowest BCUT2D eigenvalue weighted by molar-refractivity contribution is 0.0953. The summed E-state index contributed by atoms with van der Waals surface area (Å²) in [6, 6.07) is 7.61. The largest absolute Gasteiger partial charge is 0.352 e. The Balaban J connectivity index is 2.43. The molecule has 3 N–H and O–H groups in total. The maximum atomic E-state index is 11.6. The molecule has 0 heterocycles. The summed E-state index contributed by atoms with van der Waals surface area (Å²) in [6.07, 6.45) is 0.802. The first kappa shape index (κ1) is 12.4. The van der Waals surface area contributed by atoms with E-state index in [1.54, 1.807) is 0 Å². The van der Waals surface area contributed by atoms with E-state index in [1.165, 1.54) is 0 Å².